The highest BCUT2D eigenvalue weighted by Crippen LogP contribution is 2.29. The Kier molecular flexibility index (Phi) is 5.34. The summed E-state index contributed by atoms with van der Waals surface area (Å²) in [6.07, 6.45) is 5.65. The van der Waals surface area contributed by atoms with E-state index in [4.69, 9.17) is 21.6 Å². The SMILES string of the molecule is Cc1cc(N2CCN(c3ccnc4cc(Cl)ccc34)CC2)nc(N2CCCCC2)n1. The monoisotopic (exact) mass is 422 g/mol. The number of anilines is 3. The number of nitrogens with zero attached hydrogens (tertiary/aromatic N) is 6. The van der Waals surface area contributed by atoms with Gasteiger partial charge in [0.1, 0.15) is 5.82 Å². The number of aromatic nitrogens is 3. The minimum absolute atomic E-state index is 0.723. The Balaban J connectivity index is 1.33. The van der Waals surface area contributed by atoms with Gasteiger partial charge in [-0.05, 0) is 50.5 Å². The molecule has 6 nitrogen and oxygen atoms in total. The quantitative estimate of drug-likeness (QED) is 0.627. The number of rotatable bonds is 3. The third kappa shape index (κ3) is 3.88. The van der Waals surface area contributed by atoms with Gasteiger partial charge in [-0.15, -0.1) is 0 Å². The van der Waals surface area contributed by atoms with Crippen molar-refractivity contribution in [2.24, 2.45) is 0 Å². The molecule has 1 aromatic carbocycles. The Bertz CT molecular complexity index is 1040. The summed E-state index contributed by atoms with van der Waals surface area (Å²) in [5.41, 5.74) is 3.21. The van der Waals surface area contributed by atoms with Gasteiger partial charge in [0.25, 0.3) is 0 Å². The highest BCUT2D eigenvalue weighted by molar-refractivity contribution is 6.31. The summed E-state index contributed by atoms with van der Waals surface area (Å²) >= 11 is 6.15. The van der Waals surface area contributed by atoms with Crippen LogP contribution in [-0.2, 0) is 0 Å². The normalized spacial score (nSPS) is 17.6. The van der Waals surface area contributed by atoms with Crippen LogP contribution in [0, 0.1) is 6.92 Å². The Labute approximate surface area is 182 Å². The minimum atomic E-state index is 0.723. The van der Waals surface area contributed by atoms with E-state index in [0.717, 1.165) is 72.7 Å². The summed E-state index contributed by atoms with van der Waals surface area (Å²) in [4.78, 5) is 21.3. The summed E-state index contributed by atoms with van der Waals surface area (Å²) in [5, 5.41) is 1.88. The third-order valence-corrected chi connectivity index (χ3v) is 6.33. The van der Waals surface area contributed by atoms with E-state index in [1.54, 1.807) is 0 Å². The molecule has 156 valence electrons. The number of fused-ring (bicyclic) bond motifs is 1. The van der Waals surface area contributed by atoms with Gasteiger partial charge in [-0.25, -0.2) is 4.98 Å². The molecule has 2 saturated heterocycles. The predicted molar refractivity (Wildman–Crippen MR) is 124 cm³/mol. The minimum Gasteiger partial charge on any atom is -0.367 e. The molecule has 5 rings (SSSR count). The lowest BCUT2D eigenvalue weighted by Gasteiger charge is -2.37. The van der Waals surface area contributed by atoms with E-state index < -0.39 is 0 Å². The number of benzene rings is 1. The van der Waals surface area contributed by atoms with Crippen LogP contribution in [0.2, 0.25) is 5.02 Å². The molecule has 0 spiro atoms. The number of hydrogen-bond acceptors (Lipinski definition) is 6. The second-order valence-corrected chi connectivity index (χ2v) is 8.62. The van der Waals surface area contributed by atoms with Crippen molar-refractivity contribution in [2.75, 3.05) is 54.0 Å². The molecule has 0 saturated carbocycles. The summed E-state index contributed by atoms with van der Waals surface area (Å²) in [7, 11) is 0. The van der Waals surface area contributed by atoms with Crippen LogP contribution >= 0.6 is 11.6 Å². The highest BCUT2D eigenvalue weighted by Gasteiger charge is 2.22. The maximum atomic E-state index is 6.15. The molecule has 2 fully saturated rings. The van der Waals surface area contributed by atoms with Crippen molar-refractivity contribution in [1.29, 1.82) is 0 Å². The molecule has 7 heteroatoms. The summed E-state index contributed by atoms with van der Waals surface area (Å²) < 4.78 is 0. The van der Waals surface area contributed by atoms with Gasteiger partial charge >= 0.3 is 0 Å². The topological polar surface area (TPSA) is 48.4 Å². The molecule has 0 N–H and O–H groups in total. The second kappa shape index (κ2) is 8.26. The number of piperidine rings is 1. The van der Waals surface area contributed by atoms with Crippen LogP contribution in [0.3, 0.4) is 0 Å². The second-order valence-electron chi connectivity index (χ2n) is 8.18. The molecule has 2 aliphatic heterocycles. The van der Waals surface area contributed by atoms with E-state index >= 15 is 0 Å². The first-order valence-corrected chi connectivity index (χ1v) is 11.2. The molecule has 2 aromatic heterocycles. The van der Waals surface area contributed by atoms with Crippen molar-refractivity contribution < 1.29 is 0 Å². The lowest BCUT2D eigenvalue weighted by molar-refractivity contribution is 0.566. The van der Waals surface area contributed by atoms with Crippen molar-refractivity contribution in [3.63, 3.8) is 0 Å². The average molecular weight is 423 g/mol. The van der Waals surface area contributed by atoms with E-state index in [0.29, 0.717) is 0 Å². The average Bonchev–Trinajstić information content (AvgIpc) is 2.79. The number of hydrogen-bond donors (Lipinski definition) is 0. The van der Waals surface area contributed by atoms with Gasteiger partial charge < -0.3 is 14.7 Å². The highest BCUT2D eigenvalue weighted by atomic mass is 35.5. The Hall–Kier alpha value is -2.60. The zero-order valence-corrected chi connectivity index (χ0v) is 18.1. The Morgan fingerprint density at radius 1 is 0.800 bits per heavy atom. The maximum Gasteiger partial charge on any atom is 0.227 e. The van der Waals surface area contributed by atoms with Crippen LogP contribution in [0.4, 0.5) is 17.5 Å². The van der Waals surface area contributed by atoms with Gasteiger partial charge in [0, 0.05) is 73.3 Å². The molecule has 0 amide bonds. The van der Waals surface area contributed by atoms with E-state index in [2.05, 4.69) is 44.8 Å². The summed E-state index contributed by atoms with van der Waals surface area (Å²) in [5.74, 6) is 1.94. The Morgan fingerprint density at radius 2 is 1.57 bits per heavy atom. The summed E-state index contributed by atoms with van der Waals surface area (Å²) in [6.45, 7) is 7.98. The number of aryl methyl sites for hydroxylation is 1. The number of halogens is 1. The van der Waals surface area contributed by atoms with Crippen LogP contribution in [0.1, 0.15) is 25.0 Å². The fraction of sp³-hybridized carbons (Fsp3) is 0.435. The molecule has 2 aliphatic rings. The van der Waals surface area contributed by atoms with Gasteiger partial charge in [-0.2, -0.15) is 4.98 Å². The standard InChI is InChI=1S/C23H27ClN6/c1-17-15-22(27-23(26-17)30-9-3-2-4-10-30)29-13-11-28(12-14-29)21-7-8-25-20-16-18(24)5-6-19(20)21/h5-8,15-16H,2-4,9-14H2,1H3. The van der Waals surface area contributed by atoms with E-state index in [-0.39, 0.29) is 0 Å². The smallest absolute Gasteiger partial charge is 0.227 e. The van der Waals surface area contributed by atoms with Gasteiger partial charge in [0.15, 0.2) is 0 Å². The molecule has 0 aliphatic carbocycles. The zero-order chi connectivity index (χ0) is 20.5. The van der Waals surface area contributed by atoms with Crippen LogP contribution in [0.5, 0.6) is 0 Å². The molecular weight excluding hydrogens is 396 g/mol. The number of pyridine rings is 1. The van der Waals surface area contributed by atoms with Crippen LogP contribution in [0.15, 0.2) is 36.5 Å². The van der Waals surface area contributed by atoms with Gasteiger partial charge in [-0.1, -0.05) is 11.6 Å². The molecule has 0 bridgehead atoms. The molecule has 0 radical (unpaired) electrons. The van der Waals surface area contributed by atoms with Crippen molar-refractivity contribution in [2.45, 2.75) is 26.2 Å². The fourth-order valence-corrected chi connectivity index (χ4v) is 4.66. The Morgan fingerprint density at radius 3 is 2.37 bits per heavy atom. The maximum absolute atomic E-state index is 6.15. The fourth-order valence-electron chi connectivity index (χ4n) is 4.49. The molecule has 0 unspecified atom stereocenters. The molecule has 30 heavy (non-hydrogen) atoms. The van der Waals surface area contributed by atoms with Gasteiger partial charge in [0.05, 0.1) is 5.52 Å². The van der Waals surface area contributed by atoms with E-state index in [1.807, 2.05) is 18.3 Å². The molecule has 3 aromatic rings. The lowest BCUT2D eigenvalue weighted by atomic mass is 10.1. The zero-order valence-electron chi connectivity index (χ0n) is 17.4. The van der Waals surface area contributed by atoms with E-state index in [9.17, 15) is 0 Å². The largest absolute Gasteiger partial charge is 0.367 e. The summed E-state index contributed by atoms with van der Waals surface area (Å²) in [6, 6.07) is 10.2. The lowest BCUT2D eigenvalue weighted by Crippen LogP contribution is -2.47. The third-order valence-electron chi connectivity index (χ3n) is 6.09. The van der Waals surface area contributed by atoms with Crippen molar-refractivity contribution >= 4 is 40.0 Å². The van der Waals surface area contributed by atoms with Crippen LogP contribution in [0.25, 0.3) is 10.9 Å². The van der Waals surface area contributed by atoms with Crippen molar-refractivity contribution in [3.05, 3.63) is 47.2 Å². The molecule has 4 heterocycles. The van der Waals surface area contributed by atoms with E-state index in [1.165, 1.54) is 24.9 Å². The van der Waals surface area contributed by atoms with Gasteiger partial charge in [-0.3, -0.25) is 4.98 Å². The molecule has 0 atom stereocenters. The van der Waals surface area contributed by atoms with Crippen molar-refractivity contribution in [1.82, 2.24) is 15.0 Å². The molecular formula is C23H27ClN6. The van der Waals surface area contributed by atoms with Gasteiger partial charge in [0.2, 0.25) is 5.95 Å². The predicted octanol–water partition coefficient (Wildman–Crippen LogP) is 4.30. The van der Waals surface area contributed by atoms with Crippen LogP contribution in [-0.4, -0.2) is 54.2 Å². The first-order valence-electron chi connectivity index (χ1n) is 10.8. The van der Waals surface area contributed by atoms with Crippen LogP contribution < -0.4 is 14.7 Å². The number of piperazine rings is 1. The first-order chi connectivity index (χ1) is 14.7. The first kappa shape index (κ1) is 19.4. The van der Waals surface area contributed by atoms with Crippen molar-refractivity contribution in [3.8, 4) is 0 Å².